The highest BCUT2D eigenvalue weighted by molar-refractivity contribution is 6.23. The third-order valence-electron chi connectivity index (χ3n) is 5.93. The van der Waals surface area contributed by atoms with Crippen molar-refractivity contribution in [3.05, 3.63) is 70.8 Å². The van der Waals surface area contributed by atoms with Crippen molar-refractivity contribution in [3.8, 4) is 0 Å². The Morgan fingerprint density at radius 2 is 0.882 bits per heavy atom. The van der Waals surface area contributed by atoms with Gasteiger partial charge in [-0.05, 0) is 37.1 Å². The van der Waals surface area contributed by atoms with Crippen LogP contribution in [0.4, 0.5) is 0 Å². The number of amides is 4. The van der Waals surface area contributed by atoms with Gasteiger partial charge in [0.25, 0.3) is 23.6 Å². The first-order valence-corrected chi connectivity index (χ1v) is 10.4. The Hall–Kier alpha value is -4.34. The van der Waals surface area contributed by atoms with Gasteiger partial charge in [0, 0.05) is 0 Å². The summed E-state index contributed by atoms with van der Waals surface area (Å²) in [5, 5.41) is 0. The van der Waals surface area contributed by atoms with Crippen LogP contribution >= 0.6 is 0 Å². The van der Waals surface area contributed by atoms with Crippen LogP contribution in [0.1, 0.15) is 54.3 Å². The normalized spacial score (nSPS) is 16.3. The molecule has 0 aromatic heterocycles. The van der Waals surface area contributed by atoms with Crippen LogP contribution in [-0.2, 0) is 19.1 Å². The maximum absolute atomic E-state index is 12.9. The van der Waals surface area contributed by atoms with Crippen LogP contribution in [0.3, 0.4) is 0 Å². The molecule has 2 aliphatic rings. The SMILES string of the molecule is COC(=O)[C@H](CC[C@@H](C(=O)OC)N1C(=O)c2ccccc2C1=O)N1C(=O)c2ccccc2C1=O. The van der Waals surface area contributed by atoms with Gasteiger partial charge in [0.05, 0.1) is 36.5 Å². The molecule has 0 fully saturated rings. The van der Waals surface area contributed by atoms with E-state index >= 15 is 0 Å². The summed E-state index contributed by atoms with van der Waals surface area (Å²) in [6.07, 6.45) is -0.489. The monoisotopic (exact) mass is 464 g/mol. The zero-order valence-electron chi connectivity index (χ0n) is 18.3. The maximum Gasteiger partial charge on any atom is 0.329 e. The van der Waals surface area contributed by atoms with Gasteiger partial charge < -0.3 is 9.47 Å². The standard InChI is InChI=1S/C24H20N2O8/c1-33-23(31)17(25-19(27)13-7-3-4-8-14(13)20(25)28)11-12-18(24(32)34-2)26-21(29)15-9-5-6-10-16(15)22(26)30/h3-10,17-18H,11-12H2,1-2H3/t17-,18-/m0/s1. The molecule has 4 amide bonds. The highest BCUT2D eigenvalue weighted by atomic mass is 16.5. The number of nitrogens with zero attached hydrogens (tertiary/aromatic N) is 2. The molecule has 0 spiro atoms. The number of imide groups is 2. The van der Waals surface area contributed by atoms with E-state index in [4.69, 9.17) is 9.47 Å². The van der Waals surface area contributed by atoms with Crippen LogP contribution in [0.15, 0.2) is 48.5 Å². The maximum atomic E-state index is 12.9. The molecule has 0 saturated carbocycles. The zero-order valence-corrected chi connectivity index (χ0v) is 18.3. The van der Waals surface area contributed by atoms with Crippen LogP contribution in [0.5, 0.6) is 0 Å². The molecular weight excluding hydrogens is 444 g/mol. The van der Waals surface area contributed by atoms with Gasteiger partial charge in [-0.25, -0.2) is 9.59 Å². The number of hydrogen-bond donors (Lipinski definition) is 0. The lowest BCUT2D eigenvalue weighted by Crippen LogP contribution is -2.49. The third kappa shape index (κ3) is 3.53. The minimum atomic E-state index is -1.38. The molecule has 0 radical (unpaired) electrons. The summed E-state index contributed by atoms with van der Waals surface area (Å²) in [5.41, 5.74) is 0.579. The molecule has 2 aromatic carbocycles. The lowest BCUT2D eigenvalue weighted by molar-refractivity contribution is -0.148. The lowest BCUT2D eigenvalue weighted by atomic mass is 10.0. The predicted octanol–water partition coefficient (Wildman–Crippen LogP) is 1.44. The summed E-state index contributed by atoms with van der Waals surface area (Å²) >= 11 is 0. The minimum Gasteiger partial charge on any atom is -0.467 e. The number of esters is 2. The fourth-order valence-electron chi connectivity index (χ4n) is 4.27. The number of fused-ring (bicyclic) bond motifs is 2. The molecule has 10 heteroatoms. The number of benzene rings is 2. The van der Waals surface area contributed by atoms with E-state index in [0.29, 0.717) is 0 Å². The Morgan fingerprint density at radius 3 is 1.12 bits per heavy atom. The highest BCUT2D eigenvalue weighted by Gasteiger charge is 2.46. The Morgan fingerprint density at radius 1 is 0.618 bits per heavy atom. The molecule has 2 aromatic rings. The molecule has 4 rings (SSSR count). The fourth-order valence-corrected chi connectivity index (χ4v) is 4.27. The molecule has 0 saturated heterocycles. The Balaban J connectivity index is 1.62. The van der Waals surface area contributed by atoms with Crippen LogP contribution in [0.2, 0.25) is 0 Å². The van der Waals surface area contributed by atoms with Crippen molar-refractivity contribution in [2.24, 2.45) is 0 Å². The highest BCUT2D eigenvalue weighted by Crippen LogP contribution is 2.30. The van der Waals surface area contributed by atoms with Crippen molar-refractivity contribution in [2.45, 2.75) is 24.9 Å². The van der Waals surface area contributed by atoms with Crippen molar-refractivity contribution >= 4 is 35.6 Å². The van der Waals surface area contributed by atoms with Gasteiger partial charge in [-0.1, -0.05) is 24.3 Å². The molecule has 2 atom stereocenters. The summed E-state index contributed by atoms with van der Waals surface area (Å²) in [6.45, 7) is 0. The summed E-state index contributed by atoms with van der Waals surface area (Å²) in [6, 6.07) is 9.51. The number of rotatable bonds is 7. The molecule has 0 N–H and O–H groups in total. The Bertz CT molecular complexity index is 1070. The number of carbonyl (C=O) groups is 6. The van der Waals surface area contributed by atoms with Crippen molar-refractivity contribution in [1.29, 1.82) is 0 Å². The van der Waals surface area contributed by atoms with Crippen molar-refractivity contribution in [3.63, 3.8) is 0 Å². The van der Waals surface area contributed by atoms with Gasteiger partial charge in [0.15, 0.2) is 0 Å². The summed E-state index contributed by atoms with van der Waals surface area (Å²) in [5.74, 6) is -4.45. The lowest BCUT2D eigenvalue weighted by Gasteiger charge is -2.28. The quantitative estimate of drug-likeness (QED) is 0.445. The van der Waals surface area contributed by atoms with Crippen molar-refractivity contribution < 1.29 is 38.2 Å². The summed E-state index contributed by atoms with van der Waals surface area (Å²) in [7, 11) is 2.21. The first-order valence-electron chi connectivity index (χ1n) is 10.4. The van der Waals surface area contributed by atoms with E-state index < -0.39 is 47.7 Å². The fraction of sp³-hybridized carbons (Fsp3) is 0.250. The molecule has 174 valence electrons. The van der Waals surface area contributed by atoms with E-state index in [2.05, 4.69) is 0 Å². The average Bonchev–Trinajstić information content (AvgIpc) is 3.26. The predicted molar refractivity (Wildman–Crippen MR) is 115 cm³/mol. The van der Waals surface area contributed by atoms with E-state index in [1.54, 1.807) is 24.3 Å². The molecule has 2 heterocycles. The van der Waals surface area contributed by atoms with E-state index in [1.807, 2.05) is 0 Å². The van der Waals surface area contributed by atoms with Crippen LogP contribution in [0, 0.1) is 0 Å². The zero-order chi connectivity index (χ0) is 24.6. The molecule has 0 bridgehead atoms. The van der Waals surface area contributed by atoms with Gasteiger partial charge in [-0.3, -0.25) is 29.0 Å². The van der Waals surface area contributed by atoms with Crippen LogP contribution < -0.4 is 0 Å². The second kappa shape index (κ2) is 8.89. The van der Waals surface area contributed by atoms with Gasteiger partial charge in [-0.15, -0.1) is 0 Å². The topological polar surface area (TPSA) is 127 Å². The molecule has 34 heavy (non-hydrogen) atoms. The molecular formula is C24H20N2O8. The Kier molecular flexibility index (Phi) is 5.97. The van der Waals surface area contributed by atoms with Crippen molar-refractivity contribution in [2.75, 3.05) is 14.2 Å². The summed E-state index contributed by atoms with van der Waals surface area (Å²) < 4.78 is 9.62. The van der Waals surface area contributed by atoms with Gasteiger partial charge in [0.2, 0.25) is 0 Å². The van der Waals surface area contributed by atoms with Crippen molar-refractivity contribution in [1.82, 2.24) is 9.80 Å². The molecule has 10 nitrogen and oxygen atoms in total. The average molecular weight is 464 g/mol. The van der Waals surface area contributed by atoms with E-state index in [9.17, 15) is 28.8 Å². The van der Waals surface area contributed by atoms with E-state index in [-0.39, 0.29) is 35.1 Å². The third-order valence-corrected chi connectivity index (χ3v) is 5.93. The number of hydrogen-bond acceptors (Lipinski definition) is 8. The largest absolute Gasteiger partial charge is 0.467 e. The number of carbonyl (C=O) groups excluding carboxylic acids is 6. The molecule has 0 unspecified atom stereocenters. The second-order valence-corrected chi connectivity index (χ2v) is 7.71. The number of methoxy groups -OCH3 is 2. The van der Waals surface area contributed by atoms with E-state index in [0.717, 1.165) is 24.0 Å². The first-order chi connectivity index (χ1) is 16.3. The van der Waals surface area contributed by atoms with Gasteiger partial charge in [0.1, 0.15) is 12.1 Å². The molecule has 2 aliphatic heterocycles. The van der Waals surface area contributed by atoms with Gasteiger partial charge in [-0.2, -0.15) is 0 Å². The summed E-state index contributed by atoms with van der Waals surface area (Å²) in [4.78, 5) is 78.3. The van der Waals surface area contributed by atoms with Crippen LogP contribution in [0.25, 0.3) is 0 Å². The molecule has 0 aliphatic carbocycles. The first kappa shape index (κ1) is 22.8. The minimum absolute atomic E-state index is 0.145. The smallest absolute Gasteiger partial charge is 0.329 e. The number of ether oxygens (including phenoxy) is 2. The van der Waals surface area contributed by atoms with Gasteiger partial charge >= 0.3 is 11.9 Å². The van der Waals surface area contributed by atoms with Crippen LogP contribution in [-0.4, -0.2) is 71.7 Å². The Labute approximate surface area is 194 Å². The second-order valence-electron chi connectivity index (χ2n) is 7.71. The van der Waals surface area contributed by atoms with E-state index in [1.165, 1.54) is 24.3 Å².